The van der Waals surface area contributed by atoms with E-state index < -0.39 is 5.25 Å². The average molecular weight is 446 g/mol. The Morgan fingerprint density at radius 3 is 2.56 bits per heavy atom. The van der Waals surface area contributed by atoms with E-state index in [1.54, 1.807) is 6.92 Å². The molecule has 0 spiro atoms. The van der Waals surface area contributed by atoms with Crippen LogP contribution in [0, 0.1) is 6.92 Å². The third-order valence-electron chi connectivity index (χ3n) is 4.69. The Hall–Kier alpha value is -3.58. The van der Waals surface area contributed by atoms with Crippen LogP contribution in [0.1, 0.15) is 18.1 Å². The summed E-state index contributed by atoms with van der Waals surface area (Å²) in [4.78, 5) is 12.6. The van der Waals surface area contributed by atoms with E-state index >= 15 is 0 Å². The number of nitrogens with zero attached hydrogens (tertiary/aromatic N) is 2. The average Bonchev–Trinajstić information content (AvgIpc) is 3.28. The fourth-order valence-corrected chi connectivity index (χ4v) is 3.66. The highest BCUT2D eigenvalue weighted by atomic mass is 32.2. The van der Waals surface area contributed by atoms with Crippen molar-refractivity contribution < 1.29 is 13.9 Å². The number of carbonyl (C=O) groups excluding carboxylic acids is 1. The van der Waals surface area contributed by atoms with Gasteiger partial charge in [0.05, 0.1) is 5.25 Å². The molecule has 4 rings (SSSR count). The van der Waals surface area contributed by atoms with Crippen LogP contribution in [0.25, 0.3) is 11.5 Å². The zero-order valence-electron chi connectivity index (χ0n) is 17.8. The molecule has 0 saturated heterocycles. The van der Waals surface area contributed by atoms with Crippen LogP contribution in [-0.2, 0) is 11.4 Å². The second-order valence-electron chi connectivity index (χ2n) is 7.29. The van der Waals surface area contributed by atoms with Gasteiger partial charge >= 0.3 is 0 Å². The maximum absolute atomic E-state index is 12.6. The first-order chi connectivity index (χ1) is 15.6. The number of hydrogen-bond donors (Lipinski definition) is 1. The molecule has 0 aliphatic carbocycles. The van der Waals surface area contributed by atoms with Crippen LogP contribution in [0.5, 0.6) is 5.75 Å². The van der Waals surface area contributed by atoms with Gasteiger partial charge in [0, 0.05) is 11.3 Å². The second kappa shape index (κ2) is 10.2. The van der Waals surface area contributed by atoms with Crippen molar-refractivity contribution in [2.75, 3.05) is 5.32 Å². The third-order valence-corrected chi connectivity index (χ3v) is 5.62. The minimum absolute atomic E-state index is 0.150. The van der Waals surface area contributed by atoms with Crippen molar-refractivity contribution in [3.8, 4) is 17.2 Å². The van der Waals surface area contributed by atoms with Crippen molar-refractivity contribution in [2.24, 2.45) is 0 Å². The van der Waals surface area contributed by atoms with Gasteiger partial charge in [-0.2, -0.15) is 0 Å². The zero-order valence-corrected chi connectivity index (χ0v) is 18.6. The number of rotatable bonds is 8. The fraction of sp³-hybridized carbons (Fsp3) is 0.160. The molecule has 1 aromatic heterocycles. The van der Waals surface area contributed by atoms with Gasteiger partial charge in [-0.05, 0) is 55.8 Å². The molecule has 0 aliphatic rings. The van der Waals surface area contributed by atoms with E-state index in [0.29, 0.717) is 23.4 Å². The molecule has 32 heavy (non-hydrogen) atoms. The molecule has 0 unspecified atom stereocenters. The van der Waals surface area contributed by atoms with E-state index in [1.807, 2.05) is 85.8 Å². The van der Waals surface area contributed by atoms with Gasteiger partial charge < -0.3 is 14.5 Å². The van der Waals surface area contributed by atoms with Crippen molar-refractivity contribution in [3.05, 3.63) is 90.0 Å². The maximum atomic E-state index is 12.6. The van der Waals surface area contributed by atoms with Crippen LogP contribution in [0.3, 0.4) is 0 Å². The number of aromatic nitrogens is 2. The number of anilines is 1. The maximum Gasteiger partial charge on any atom is 0.277 e. The van der Waals surface area contributed by atoms with Gasteiger partial charge in [0.2, 0.25) is 11.8 Å². The van der Waals surface area contributed by atoms with Crippen molar-refractivity contribution in [1.82, 2.24) is 10.2 Å². The van der Waals surface area contributed by atoms with Crippen molar-refractivity contribution >= 4 is 23.4 Å². The number of nitrogens with one attached hydrogen (secondary N) is 1. The Kier molecular flexibility index (Phi) is 6.87. The summed E-state index contributed by atoms with van der Waals surface area (Å²) in [7, 11) is 0. The minimum atomic E-state index is -0.408. The summed E-state index contributed by atoms with van der Waals surface area (Å²) in [5.41, 5.74) is 3.76. The Balaban J connectivity index is 1.30. The Labute approximate surface area is 191 Å². The quantitative estimate of drug-likeness (QED) is 0.348. The van der Waals surface area contributed by atoms with Crippen molar-refractivity contribution in [3.63, 3.8) is 0 Å². The van der Waals surface area contributed by atoms with E-state index in [0.717, 1.165) is 22.4 Å². The Morgan fingerprint density at radius 1 is 1.03 bits per heavy atom. The lowest BCUT2D eigenvalue weighted by Gasteiger charge is -2.11. The first-order valence-electron chi connectivity index (χ1n) is 10.2. The predicted molar refractivity (Wildman–Crippen MR) is 126 cm³/mol. The predicted octanol–water partition coefficient (Wildman–Crippen LogP) is 5.74. The van der Waals surface area contributed by atoms with Gasteiger partial charge in [-0.3, -0.25) is 4.79 Å². The molecule has 0 saturated carbocycles. The normalized spacial score (nSPS) is 11.7. The number of benzene rings is 3. The standard InChI is InChI=1S/C25H23N3O3S/c1-17-7-6-10-20(15-17)24-27-28-25(31-24)32-18(2)23(29)26-21-11-13-22(14-12-21)30-16-19-8-4-3-5-9-19/h3-15,18H,16H2,1-2H3,(H,26,29)/t18-/m1/s1. The summed E-state index contributed by atoms with van der Waals surface area (Å²) in [5.74, 6) is 1.03. The largest absolute Gasteiger partial charge is 0.489 e. The van der Waals surface area contributed by atoms with Crippen molar-refractivity contribution in [2.45, 2.75) is 30.9 Å². The van der Waals surface area contributed by atoms with Crippen LogP contribution < -0.4 is 10.1 Å². The molecule has 0 radical (unpaired) electrons. The van der Waals surface area contributed by atoms with Gasteiger partial charge in [0.15, 0.2) is 0 Å². The summed E-state index contributed by atoms with van der Waals surface area (Å²) in [6.07, 6.45) is 0. The number of thioether (sulfide) groups is 1. The zero-order chi connectivity index (χ0) is 22.3. The molecule has 0 fully saturated rings. The summed E-state index contributed by atoms with van der Waals surface area (Å²) in [5, 5.41) is 11.0. The molecule has 6 nitrogen and oxygen atoms in total. The van der Waals surface area contributed by atoms with E-state index in [9.17, 15) is 4.79 Å². The van der Waals surface area contributed by atoms with Crippen molar-refractivity contribution in [1.29, 1.82) is 0 Å². The van der Waals surface area contributed by atoms with Crippen LogP contribution in [0.2, 0.25) is 0 Å². The summed E-state index contributed by atoms with van der Waals surface area (Å²) >= 11 is 1.22. The van der Waals surface area contributed by atoms with E-state index in [2.05, 4.69) is 15.5 Å². The molecule has 3 aromatic carbocycles. The van der Waals surface area contributed by atoms with Crippen LogP contribution >= 0.6 is 11.8 Å². The molecule has 1 atom stereocenters. The number of hydrogen-bond acceptors (Lipinski definition) is 6. The lowest BCUT2D eigenvalue weighted by Crippen LogP contribution is -2.22. The number of ether oxygens (including phenoxy) is 1. The first kappa shape index (κ1) is 21.6. The lowest BCUT2D eigenvalue weighted by molar-refractivity contribution is -0.115. The first-order valence-corrected chi connectivity index (χ1v) is 11.1. The Bertz CT molecular complexity index is 1180. The molecule has 1 N–H and O–H groups in total. The molecule has 1 amide bonds. The highest BCUT2D eigenvalue weighted by Crippen LogP contribution is 2.27. The topological polar surface area (TPSA) is 77.2 Å². The number of amides is 1. The molecule has 0 aliphatic heterocycles. The second-order valence-corrected chi connectivity index (χ2v) is 8.58. The molecule has 0 bridgehead atoms. The summed E-state index contributed by atoms with van der Waals surface area (Å²) in [6.45, 7) is 4.30. The summed E-state index contributed by atoms with van der Waals surface area (Å²) < 4.78 is 11.5. The number of carbonyl (C=O) groups is 1. The van der Waals surface area contributed by atoms with Gasteiger partial charge in [0.1, 0.15) is 12.4 Å². The molecule has 4 aromatic rings. The SMILES string of the molecule is Cc1cccc(-c2nnc(S[C@H](C)C(=O)Nc3ccc(OCc4ccccc4)cc3)o2)c1. The summed E-state index contributed by atoms with van der Waals surface area (Å²) in [6, 6.07) is 25.1. The van der Waals surface area contributed by atoms with Gasteiger partial charge in [0.25, 0.3) is 5.22 Å². The fourth-order valence-electron chi connectivity index (χ4n) is 2.98. The molecule has 7 heteroatoms. The molecular weight excluding hydrogens is 422 g/mol. The third kappa shape index (κ3) is 5.76. The van der Waals surface area contributed by atoms with Gasteiger partial charge in [-0.15, -0.1) is 10.2 Å². The van der Waals surface area contributed by atoms with Crippen LogP contribution in [-0.4, -0.2) is 21.4 Å². The van der Waals surface area contributed by atoms with Gasteiger partial charge in [-0.1, -0.05) is 59.8 Å². The van der Waals surface area contributed by atoms with E-state index in [1.165, 1.54) is 11.8 Å². The lowest BCUT2D eigenvalue weighted by atomic mass is 10.1. The number of aryl methyl sites for hydroxylation is 1. The molecule has 1 heterocycles. The van der Waals surface area contributed by atoms with Gasteiger partial charge in [-0.25, -0.2) is 0 Å². The van der Waals surface area contributed by atoms with Crippen LogP contribution in [0.4, 0.5) is 5.69 Å². The van der Waals surface area contributed by atoms with Crippen LogP contribution in [0.15, 0.2) is 88.5 Å². The Morgan fingerprint density at radius 2 is 1.81 bits per heavy atom. The molecule has 162 valence electrons. The molecular formula is C25H23N3O3S. The highest BCUT2D eigenvalue weighted by Gasteiger charge is 2.19. The smallest absolute Gasteiger partial charge is 0.277 e. The highest BCUT2D eigenvalue weighted by molar-refractivity contribution is 8.00. The van der Waals surface area contributed by atoms with E-state index in [-0.39, 0.29) is 5.91 Å². The minimum Gasteiger partial charge on any atom is -0.489 e. The van der Waals surface area contributed by atoms with E-state index in [4.69, 9.17) is 9.15 Å². The monoisotopic (exact) mass is 445 g/mol.